The number of hydrogen-bond donors (Lipinski definition) is 1. The minimum Gasteiger partial charge on any atom is -0.483 e. The molecule has 30 heavy (non-hydrogen) atoms. The Kier molecular flexibility index (Phi) is 6.28. The second kappa shape index (κ2) is 8.88. The van der Waals surface area contributed by atoms with Gasteiger partial charge in [0.15, 0.2) is 6.61 Å². The van der Waals surface area contributed by atoms with Crippen LogP contribution < -0.4 is 10.1 Å². The minimum atomic E-state index is -4.52. The van der Waals surface area contributed by atoms with Crippen LogP contribution in [0.25, 0.3) is 0 Å². The Labute approximate surface area is 174 Å². The fraction of sp³-hybridized carbons (Fsp3) is 0.150. The number of carbonyl (C=O) groups excluding carboxylic acids is 1. The number of amides is 1. The monoisotopic (exact) mass is 434 g/mol. The van der Waals surface area contributed by atoms with Gasteiger partial charge in [0.05, 0.1) is 23.9 Å². The van der Waals surface area contributed by atoms with E-state index in [1.807, 2.05) is 18.2 Å². The van der Waals surface area contributed by atoms with Crippen LogP contribution in [-0.4, -0.2) is 28.5 Å². The Morgan fingerprint density at radius 1 is 1.27 bits per heavy atom. The largest absolute Gasteiger partial charge is 0.483 e. The molecule has 0 fully saturated rings. The van der Waals surface area contributed by atoms with Gasteiger partial charge in [-0.05, 0) is 29.8 Å². The van der Waals surface area contributed by atoms with Crippen molar-refractivity contribution in [3.63, 3.8) is 0 Å². The maximum Gasteiger partial charge on any atom is 0.422 e. The van der Waals surface area contributed by atoms with Gasteiger partial charge in [0.1, 0.15) is 11.8 Å². The second-order valence-electron chi connectivity index (χ2n) is 6.20. The Bertz CT molecular complexity index is 1110. The summed E-state index contributed by atoms with van der Waals surface area (Å²) in [6, 6.07) is 12.8. The molecule has 10 heteroatoms. The number of hydrogen-bond acceptors (Lipinski definition) is 4. The summed E-state index contributed by atoms with van der Waals surface area (Å²) in [4.78, 5) is 12.4. The van der Waals surface area contributed by atoms with Crippen molar-refractivity contribution in [3.8, 4) is 11.8 Å². The van der Waals surface area contributed by atoms with Gasteiger partial charge in [0.25, 0.3) is 5.91 Å². The van der Waals surface area contributed by atoms with E-state index in [0.717, 1.165) is 5.56 Å². The summed E-state index contributed by atoms with van der Waals surface area (Å²) in [7, 11) is 0. The van der Waals surface area contributed by atoms with Crippen molar-refractivity contribution in [2.45, 2.75) is 12.7 Å². The SMILES string of the molecule is N#Cc1cc(NC(=O)c2cnn(Cc3ccccc3Cl)c2)ccc1OCC(F)(F)F. The molecule has 3 rings (SSSR count). The lowest BCUT2D eigenvalue weighted by molar-refractivity contribution is -0.153. The van der Waals surface area contributed by atoms with Crippen molar-refractivity contribution >= 4 is 23.2 Å². The summed E-state index contributed by atoms with van der Waals surface area (Å²) in [5, 5.41) is 16.4. The summed E-state index contributed by atoms with van der Waals surface area (Å²) < 4.78 is 43.1. The van der Waals surface area contributed by atoms with Gasteiger partial charge in [-0.2, -0.15) is 23.5 Å². The number of benzene rings is 2. The van der Waals surface area contributed by atoms with E-state index in [1.54, 1.807) is 16.8 Å². The zero-order chi connectivity index (χ0) is 21.7. The quantitative estimate of drug-likeness (QED) is 0.612. The van der Waals surface area contributed by atoms with Crippen molar-refractivity contribution in [2.24, 2.45) is 0 Å². The lowest BCUT2D eigenvalue weighted by Crippen LogP contribution is -2.19. The molecule has 0 unspecified atom stereocenters. The van der Waals surface area contributed by atoms with E-state index in [4.69, 9.17) is 16.9 Å². The summed E-state index contributed by atoms with van der Waals surface area (Å²) in [6.45, 7) is -1.14. The van der Waals surface area contributed by atoms with E-state index < -0.39 is 18.7 Å². The van der Waals surface area contributed by atoms with E-state index >= 15 is 0 Å². The van der Waals surface area contributed by atoms with Crippen LogP contribution in [0, 0.1) is 11.3 Å². The maximum absolute atomic E-state index is 12.4. The molecule has 1 N–H and O–H groups in total. The number of aromatic nitrogens is 2. The molecule has 0 spiro atoms. The summed E-state index contributed by atoms with van der Waals surface area (Å²) in [5.74, 6) is -0.714. The van der Waals surface area contributed by atoms with Gasteiger partial charge in [-0.15, -0.1) is 0 Å². The van der Waals surface area contributed by atoms with Crippen LogP contribution in [0.2, 0.25) is 5.02 Å². The van der Waals surface area contributed by atoms with Crippen LogP contribution in [0.4, 0.5) is 18.9 Å². The molecule has 0 saturated heterocycles. The zero-order valence-electron chi connectivity index (χ0n) is 15.3. The number of anilines is 1. The lowest BCUT2D eigenvalue weighted by Gasteiger charge is -2.11. The number of carbonyl (C=O) groups is 1. The molecule has 6 nitrogen and oxygen atoms in total. The highest BCUT2D eigenvalue weighted by Gasteiger charge is 2.29. The van der Waals surface area contributed by atoms with Crippen molar-refractivity contribution in [3.05, 3.63) is 76.6 Å². The number of alkyl halides is 3. The van der Waals surface area contributed by atoms with Crippen molar-refractivity contribution in [1.82, 2.24) is 9.78 Å². The summed E-state index contributed by atoms with van der Waals surface area (Å²) in [6.07, 6.45) is -1.62. The van der Waals surface area contributed by atoms with Gasteiger partial charge in [-0.1, -0.05) is 29.8 Å². The van der Waals surface area contributed by atoms with E-state index in [9.17, 15) is 18.0 Å². The standard InChI is InChI=1S/C20H14ClF3N4O2/c21-17-4-2-1-3-13(17)10-28-11-15(9-26-28)19(29)27-16-5-6-18(14(7-16)8-25)30-12-20(22,23)24/h1-7,9,11H,10,12H2,(H,27,29). The molecule has 0 radical (unpaired) electrons. The minimum absolute atomic E-state index is 0.133. The van der Waals surface area contributed by atoms with Crippen LogP contribution in [0.3, 0.4) is 0 Å². The molecule has 0 aliphatic heterocycles. The topological polar surface area (TPSA) is 79.9 Å². The molecular weight excluding hydrogens is 421 g/mol. The third-order valence-corrected chi connectivity index (χ3v) is 4.30. The van der Waals surface area contributed by atoms with E-state index in [2.05, 4.69) is 15.2 Å². The van der Waals surface area contributed by atoms with Gasteiger partial charge in [-0.25, -0.2) is 0 Å². The molecule has 1 amide bonds. The van der Waals surface area contributed by atoms with Crippen LogP contribution >= 0.6 is 11.6 Å². The van der Waals surface area contributed by atoms with Crippen molar-refractivity contribution in [1.29, 1.82) is 5.26 Å². The van der Waals surface area contributed by atoms with Crippen LogP contribution in [0.15, 0.2) is 54.9 Å². The number of nitriles is 1. The predicted octanol–water partition coefficient (Wildman–Crippen LogP) is 4.65. The highest BCUT2D eigenvalue weighted by molar-refractivity contribution is 6.31. The Hall–Kier alpha value is -3.51. The molecule has 3 aromatic rings. The normalized spacial score (nSPS) is 11.0. The molecule has 0 atom stereocenters. The van der Waals surface area contributed by atoms with Crippen LogP contribution in [0.5, 0.6) is 5.75 Å². The highest BCUT2D eigenvalue weighted by Crippen LogP contribution is 2.25. The predicted molar refractivity (Wildman–Crippen MR) is 103 cm³/mol. The zero-order valence-corrected chi connectivity index (χ0v) is 16.0. The average molecular weight is 435 g/mol. The number of rotatable bonds is 6. The lowest BCUT2D eigenvalue weighted by atomic mass is 10.2. The number of nitrogens with zero attached hydrogens (tertiary/aromatic N) is 3. The van der Waals surface area contributed by atoms with E-state index in [-0.39, 0.29) is 22.6 Å². The Morgan fingerprint density at radius 2 is 2.03 bits per heavy atom. The Morgan fingerprint density at radius 3 is 2.73 bits per heavy atom. The molecule has 2 aromatic carbocycles. The first-order valence-corrected chi connectivity index (χ1v) is 8.94. The third-order valence-electron chi connectivity index (χ3n) is 3.93. The van der Waals surface area contributed by atoms with Crippen molar-refractivity contribution < 1.29 is 22.7 Å². The first-order chi connectivity index (χ1) is 14.2. The molecule has 0 aliphatic carbocycles. The van der Waals surface area contributed by atoms with E-state index in [1.165, 1.54) is 30.6 Å². The van der Waals surface area contributed by atoms with Gasteiger partial charge >= 0.3 is 6.18 Å². The fourth-order valence-corrected chi connectivity index (χ4v) is 2.75. The number of halogens is 4. The van der Waals surface area contributed by atoms with Crippen LogP contribution in [-0.2, 0) is 6.54 Å². The summed E-state index contributed by atoms with van der Waals surface area (Å²) in [5.41, 5.74) is 1.20. The Balaban J connectivity index is 1.68. The molecule has 0 bridgehead atoms. The smallest absolute Gasteiger partial charge is 0.422 e. The fourth-order valence-electron chi connectivity index (χ4n) is 2.55. The third kappa shape index (κ3) is 5.52. The molecular formula is C20H14ClF3N4O2. The molecule has 0 saturated carbocycles. The first kappa shape index (κ1) is 21.2. The maximum atomic E-state index is 12.4. The number of nitrogens with one attached hydrogen (secondary N) is 1. The highest BCUT2D eigenvalue weighted by atomic mass is 35.5. The second-order valence-corrected chi connectivity index (χ2v) is 6.61. The van der Waals surface area contributed by atoms with Gasteiger partial charge in [0, 0.05) is 16.9 Å². The van der Waals surface area contributed by atoms with Crippen LogP contribution in [0.1, 0.15) is 21.5 Å². The van der Waals surface area contributed by atoms with Crippen molar-refractivity contribution in [2.75, 3.05) is 11.9 Å². The molecule has 154 valence electrons. The van der Waals surface area contributed by atoms with E-state index in [0.29, 0.717) is 11.6 Å². The number of ether oxygens (including phenoxy) is 1. The first-order valence-electron chi connectivity index (χ1n) is 8.56. The average Bonchev–Trinajstić information content (AvgIpc) is 3.17. The van der Waals surface area contributed by atoms with Gasteiger partial charge in [-0.3, -0.25) is 9.48 Å². The summed E-state index contributed by atoms with van der Waals surface area (Å²) >= 11 is 6.12. The van der Waals surface area contributed by atoms with Gasteiger partial charge in [0.2, 0.25) is 0 Å². The molecule has 1 heterocycles. The van der Waals surface area contributed by atoms with Gasteiger partial charge < -0.3 is 10.1 Å². The molecule has 0 aliphatic rings. The molecule has 1 aromatic heterocycles.